The molecule has 74 valence electrons. The summed E-state index contributed by atoms with van der Waals surface area (Å²) in [4.78, 5) is 11.1. The molecule has 0 heterocycles. The molecule has 0 radical (unpaired) electrons. The normalized spacial score (nSPS) is 9.71. The molecule has 0 bridgehead atoms. The number of rotatable bonds is 2. The van der Waals surface area contributed by atoms with Crippen LogP contribution in [0.15, 0.2) is 22.7 Å². The number of carbonyl (C=O) groups excluding carboxylic acids is 1. The van der Waals surface area contributed by atoms with Crippen LogP contribution in [0.4, 0.5) is 0 Å². The van der Waals surface area contributed by atoms with Crippen molar-refractivity contribution in [1.29, 1.82) is 0 Å². The van der Waals surface area contributed by atoms with Crippen molar-refractivity contribution < 1.29 is 19.6 Å². The first kappa shape index (κ1) is 11.2. The van der Waals surface area contributed by atoms with Gasteiger partial charge >= 0.3 is 13.1 Å². The van der Waals surface area contributed by atoms with E-state index in [9.17, 15) is 4.79 Å². The Hall–Kier alpha value is -0.845. The Morgan fingerprint density at radius 2 is 2.14 bits per heavy atom. The fourth-order valence-electron chi connectivity index (χ4n) is 0.967. The van der Waals surface area contributed by atoms with Crippen molar-refractivity contribution in [3.8, 4) is 0 Å². The Morgan fingerprint density at radius 1 is 1.50 bits per heavy atom. The lowest BCUT2D eigenvalue weighted by atomic mass is 9.80. The zero-order valence-corrected chi connectivity index (χ0v) is 8.98. The van der Waals surface area contributed by atoms with Crippen LogP contribution in [0.25, 0.3) is 0 Å². The number of carbonyl (C=O) groups is 1. The average molecular weight is 259 g/mol. The van der Waals surface area contributed by atoms with Crippen LogP contribution < -0.4 is 5.46 Å². The van der Waals surface area contributed by atoms with Gasteiger partial charge in [0.1, 0.15) is 0 Å². The summed E-state index contributed by atoms with van der Waals surface area (Å²) in [7, 11) is -0.262. The number of ether oxygens (including phenoxy) is 1. The van der Waals surface area contributed by atoms with Crippen molar-refractivity contribution in [3.63, 3.8) is 0 Å². The van der Waals surface area contributed by atoms with E-state index in [1.807, 2.05) is 0 Å². The molecule has 6 heteroatoms. The first-order valence-corrected chi connectivity index (χ1v) is 4.59. The number of benzene rings is 1. The third kappa shape index (κ3) is 2.34. The summed E-state index contributed by atoms with van der Waals surface area (Å²) in [5.74, 6) is -0.476. The van der Waals surface area contributed by atoms with E-state index in [-0.39, 0.29) is 0 Å². The maximum atomic E-state index is 11.1. The van der Waals surface area contributed by atoms with Gasteiger partial charge in [-0.3, -0.25) is 0 Å². The van der Waals surface area contributed by atoms with Gasteiger partial charge in [0.2, 0.25) is 0 Å². The number of halogens is 1. The highest BCUT2D eigenvalue weighted by Gasteiger charge is 2.15. The van der Waals surface area contributed by atoms with Gasteiger partial charge in [0.05, 0.1) is 12.7 Å². The molecule has 0 saturated carbocycles. The van der Waals surface area contributed by atoms with Gasteiger partial charge in [0, 0.05) is 4.47 Å². The summed E-state index contributed by atoms with van der Waals surface area (Å²) >= 11 is 3.13. The third-order valence-corrected chi connectivity index (χ3v) is 2.35. The Labute approximate surface area is 89.8 Å². The highest BCUT2D eigenvalue weighted by atomic mass is 79.9. The molecule has 4 nitrogen and oxygen atoms in total. The zero-order chi connectivity index (χ0) is 10.7. The summed E-state index contributed by atoms with van der Waals surface area (Å²) in [6.45, 7) is 0. The maximum Gasteiger partial charge on any atom is 0.488 e. The Kier molecular flexibility index (Phi) is 3.68. The molecule has 14 heavy (non-hydrogen) atoms. The van der Waals surface area contributed by atoms with Gasteiger partial charge in [-0.15, -0.1) is 0 Å². The van der Waals surface area contributed by atoms with E-state index in [0.29, 0.717) is 15.5 Å². The largest absolute Gasteiger partial charge is 0.488 e. The first-order chi connectivity index (χ1) is 6.56. The second-order valence-corrected chi connectivity index (χ2v) is 3.46. The molecule has 1 aromatic carbocycles. The molecule has 0 atom stereocenters. The molecule has 0 fully saturated rings. The summed E-state index contributed by atoms with van der Waals surface area (Å²) in [5.41, 5.74) is 0.654. The summed E-state index contributed by atoms with van der Waals surface area (Å²) in [6.07, 6.45) is 0. The monoisotopic (exact) mass is 258 g/mol. The molecule has 0 unspecified atom stereocenters. The van der Waals surface area contributed by atoms with Crippen LogP contribution in [-0.2, 0) is 4.74 Å². The Morgan fingerprint density at radius 3 is 2.57 bits per heavy atom. The second-order valence-electron chi connectivity index (χ2n) is 2.60. The van der Waals surface area contributed by atoms with Crippen LogP contribution in [0.1, 0.15) is 10.4 Å². The average Bonchev–Trinajstić information content (AvgIpc) is 2.16. The number of hydrogen-bond donors (Lipinski definition) is 2. The van der Waals surface area contributed by atoms with Crippen LogP contribution in [0.2, 0.25) is 0 Å². The SMILES string of the molecule is COC(=O)c1ccc(B(O)O)cc1Br. The smallest absolute Gasteiger partial charge is 0.465 e. The van der Waals surface area contributed by atoms with Crippen LogP contribution in [0.3, 0.4) is 0 Å². The van der Waals surface area contributed by atoms with E-state index in [0.717, 1.165) is 0 Å². The first-order valence-electron chi connectivity index (χ1n) is 3.80. The molecule has 1 rings (SSSR count). The summed E-state index contributed by atoms with van der Waals surface area (Å²) < 4.78 is 4.99. The topological polar surface area (TPSA) is 66.8 Å². The highest BCUT2D eigenvalue weighted by molar-refractivity contribution is 9.10. The Bertz CT molecular complexity index is 353. The molecule has 0 spiro atoms. The van der Waals surface area contributed by atoms with E-state index < -0.39 is 13.1 Å². The molecule has 0 aromatic heterocycles. The van der Waals surface area contributed by atoms with E-state index in [1.165, 1.54) is 25.3 Å². The lowest BCUT2D eigenvalue weighted by Gasteiger charge is -2.04. The van der Waals surface area contributed by atoms with Gasteiger partial charge in [-0.1, -0.05) is 6.07 Å². The fourth-order valence-corrected chi connectivity index (χ4v) is 1.53. The van der Waals surface area contributed by atoms with Gasteiger partial charge < -0.3 is 14.8 Å². The van der Waals surface area contributed by atoms with Crippen LogP contribution in [0, 0.1) is 0 Å². The van der Waals surface area contributed by atoms with Gasteiger partial charge in [-0.2, -0.15) is 0 Å². The zero-order valence-electron chi connectivity index (χ0n) is 7.40. The van der Waals surface area contributed by atoms with Crippen molar-refractivity contribution in [3.05, 3.63) is 28.2 Å². The lowest BCUT2D eigenvalue weighted by molar-refractivity contribution is 0.0599. The van der Waals surface area contributed by atoms with Crippen molar-refractivity contribution in [2.24, 2.45) is 0 Å². The fraction of sp³-hybridized carbons (Fsp3) is 0.125. The standard InChI is InChI=1S/C8H8BBrO4/c1-14-8(11)6-3-2-5(9(12)13)4-7(6)10/h2-4,12-13H,1H3. The minimum atomic E-state index is -1.54. The molecule has 0 amide bonds. The molecule has 2 N–H and O–H groups in total. The molecule has 0 aliphatic heterocycles. The molecule has 0 aliphatic rings. The Balaban J connectivity index is 3.07. The number of methoxy groups -OCH3 is 1. The lowest BCUT2D eigenvalue weighted by Crippen LogP contribution is -2.30. The van der Waals surface area contributed by atoms with Gasteiger partial charge in [-0.05, 0) is 33.5 Å². The molecule has 0 aliphatic carbocycles. The quantitative estimate of drug-likeness (QED) is 0.575. The number of hydrogen-bond acceptors (Lipinski definition) is 4. The summed E-state index contributed by atoms with van der Waals surface area (Å²) in [6, 6.07) is 4.36. The highest BCUT2D eigenvalue weighted by Crippen LogP contribution is 2.15. The minimum Gasteiger partial charge on any atom is -0.465 e. The minimum absolute atomic E-state index is 0.310. The number of esters is 1. The molecule has 1 aromatic rings. The van der Waals surface area contributed by atoms with Gasteiger partial charge in [0.25, 0.3) is 0 Å². The maximum absolute atomic E-state index is 11.1. The predicted molar refractivity (Wildman–Crippen MR) is 55.3 cm³/mol. The van der Waals surface area contributed by atoms with Crippen molar-refractivity contribution in [2.45, 2.75) is 0 Å². The van der Waals surface area contributed by atoms with Crippen LogP contribution in [-0.4, -0.2) is 30.2 Å². The van der Waals surface area contributed by atoms with Crippen LogP contribution >= 0.6 is 15.9 Å². The summed E-state index contributed by atoms with van der Waals surface area (Å²) in [5, 5.41) is 17.7. The van der Waals surface area contributed by atoms with Crippen LogP contribution in [0.5, 0.6) is 0 Å². The predicted octanol–water partition coefficient (Wildman–Crippen LogP) is -0.0845. The second kappa shape index (κ2) is 4.59. The van der Waals surface area contributed by atoms with Crippen molar-refractivity contribution >= 4 is 34.5 Å². The molecular formula is C8H8BBrO4. The van der Waals surface area contributed by atoms with Crippen molar-refractivity contribution in [2.75, 3.05) is 7.11 Å². The third-order valence-electron chi connectivity index (χ3n) is 1.70. The molecule has 0 saturated heterocycles. The van der Waals surface area contributed by atoms with E-state index >= 15 is 0 Å². The van der Waals surface area contributed by atoms with E-state index in [4.69, 9.17) is 10.0 Å². The molecular weight excluding hydrogens is 251 g/mol. The van der Waals surface area contributed by atoms with Crippen molar-refractivity contribution in [1.82, 2.24) is 0 Å². The van der Waals surface area contributed by atoms with E-state index in [2.05, 4.69) is 20.7 Å². The van der Waals surface area contributed by atoms with Gasteiger partial charge in [0.15, 0.2) is 0 Å². The van der Waals surface area contributed by atoms with E-state index in [1.54, 1.807) is 0 Å². The van der Waals surface area contributed by atoms with Gasteiger partial charge in [-0.25, -0.2) is 4.79 Å².